The smallest absolute Gasteiger partial charge is 0.161 e. The molecular weight excluding hydrogens is 208 g/mol. The van der Waals surface area contributed by atoms with E-state index < -0.39 is 0 Å². The summed E-state index contributed by atoms with van der Waals surface area (Å²) in [5.41, 5.74) is 0.0794. The monoisotopic (exact) mass is 216 g/mol. The minimum absolute atomic E-state index is 0.150. The van der Waals surface area contributed by atoms with Crippen molar-refractivity contribution < 1.29 is 14.9 Å². The van der Waals surface area contributed by atoms with E-state index >= 15 is 0 Å². The minimum atomic E-state index is -0.235. The zero-order valence-corrected chi connectivity index (χ0v) is 8.43. The van der Waals surface area contributed by atoms with Crippen molar-refractivity contribution in [1.82, 2.24) is 0 Å². The van der Waals surface area contributed by atoms with E-state index in [1.807, 2.05) is 0 Å². The van der Waals surface area contributed by atoms with Crippen molar-refractivity contribution in [2.24, 2.45) is 0 Å². The second kappa shape index (κ2) is 4.72. The van der Waals surface area contributed by atoms with Gasteiger partial charge in [0.1, 0.15) is 23.5 Å². The summed E-state index contributed by atoms with van der Waals surface area (Å²) >= 11 is 0. The van der Waals surface area contributed by atoms with Crippen LogP contribution in [0.5, 0.6) is 17.2 Å². The molecule has 0 atom stereocenters. The van der Waals surface area contributed by atoms with Gasteiger partial charge in [-0.3, -0.25) is 0 Å². The van der Waals surface area contributed by atoms with Crippen LogP contribution in [-0.4, -0.2) is 17.3 Å². The van der Waals surface area contributed by atoms with E-state index in [0.717, 1.165) is 6.07 Å². The van der Waals surface area contributed by atoms with Gasteiger partial charge in [-0.2, -0.15) is 10.5 Å². The molecule has 16 heavy (non-hydrogen) atoms. The van der Waals surface area contributed by atoms with Crippen molar-refractivity contribution in [3.8, 4) is 29.4 Å². The molecule has 0 fully saturated rings. The number of hydrogen-bond acceptors (Lipinski definition) is 5. The van der Waals surface area contributed by atoms with Gasteiger partial charge in [0.25, 0.3) is 0 Å². The fourth-order valence-corrected chi connectivity index (χ4v) is 1.10. The van der Waals surface area contributed by atoms with E-state index in [0.29, 0.717) is 0 Å². The predicted octanol–water partition coefficient (Wildman–Crippen LogP) is 1.54. The zero-order chi connectivity index (χ0) is 12.1. The van der Waals surface area contributed by atoms with Crippen molar-refractivity contribution in [2.45, 2.75) is 0 Å². The highest BCUT2D eigenvalue weighted by molar-refractivity contribution is 5.68. The molecule has 80 valence electrons. The van der Waals surface area contributed by atoms with Crippen molar-refractivity contribution >= 4 is 6.08 Å². The lowest BCUT2D eigenvalue weighted by Gasteiger charge is -2.06. The number of allylic oxidation sites excluding steroid dienone is 1. The standard InChI is InChI=1S/C11H8N2O3/c1-16-11-3-8(2-7(5-12)6-13)9(14)4-10(11)15/h2-4,14-15H,1H3. The van der Waals surface area contributed by atoms with Crippen LogP contribution in [0.1, 0.15) is 5.56 Å². The second-order valence-corrected chi connectivity index (χ2v) is 2.86. The molecule has 1 aromatic carbocycles. The number of phenols is 2. The molecule has 0 bridgehead atoms. The Kier molecular flexibility index (Phi) is 3.37. The van der Waals surface area contributed by atoms with Crippen LogP contribution in [0.2, 0.25) is 0 Å². The Balaban J connectivity index is 3.32. The molecule has 1 aromatic rings. The van der Waals surface area contributed by atoms with Crippen LogP contribution in [-0.2, 0) is 0 Å². The van der Waals surface area contributed by atoms with Crippen LogP contribution in [0.4, 0.5) is 0 Å². The fourth-order valence-electron chi connectivity index (χ4n) is 1.10. The number of rotatable bonds is 2. The minimum Gasteiger partial charge on any atom is -0.507 e. The molecule has 0 radical (unpaired) electrons. The molecule has 0 spiro atoms. The topological polar surface area (TPSA) is 97.3 Å². The molecule has 0 aliphatic carbocycles. The van der Waals surface area contributed by atoms with Gasteiger partial charge in [0.2, 0.25) is 0 Å². The van der Waals surface area contributed by atoms with Crippen molar-refractivity contribution in [3.05, 3.63) is 23.3 Å². The molecule has 0 heterocycles. The number of nitriles is 2. The van der Waals surface area contributed by atoms with Crippen LogP contribution < -0.4 is 4.74 Å². The molecule has 1 rings (SSSR count). The third-order valence-electron chi connectivity index (χ3n) is 1.87. The molecular formula is C11H8N2O3. The molecule has 0 saturated heterocycles. The van der Waals surface area contributed by atoms with Crippen molar-refractivity contribution in [2.75, 3.05) is 7.11 Å². The third-order valence-corrected chi connectivity index (χ3v) is 1.87. The summed E-state index contributed by atoms with van der Waals surface area (Å²) in [6.45, 7) is 0. The summed E-state index contributed by atoms with van der Waals surface area (Å²) in [7, 11) is 1.36. The van der Waals surface area contributed by atoms with Gasteiger partial charge in [0.05, 0.1) is 7.11 Å². The Morgan fingerprint density at radius 1 is 1.25 bits per heavy atom. The molecule has 5 nitrogen and oxygen atoms in total. The molecule has 0 aliphatic rings. The van der Waals surface area contributed by atoms with E-state index in [-0.39, 0.29) is 28.4 Å². The Bertz CT molecular complexity index is 505. The summed E-state index contributed by atoms with van der Waals surface area (Å²) in [5, 5.41) is 35.9. The van der Waals surface area contributed by atoms with Crippen molar-refractivity contribution in [3.63, 3.8) is 0 Å². The molecule has 0 aromatic heterocycles. The quantitative estimate of drug-likeness (QED) is 0.730. The Morgan fingerprint density at radius 2 is 1.88 bits per heavy atom. The Morgan fingerprint density at radius 3 is 2.38 bits per heavy atom. The van der Waals surface area contributed by atoms with Gasteiger partial charge in [0.15, 0.2) is 11.5 Å². The maximum absolute atomic E-state index is 9.47. The van der Waals surface area contributed by atoms with Crippen LogP contribution in [0, 0.1) is 22.7 Å². The Labute approximate surface area is 92.1 Å². The van der Waals surface area contributed by atoms with Gasteiger partial charge >= 0.3 is 0 Å². The highest BCUT2D eigenvalue weighted by Gasteiger charge is 2.08. The van der Waals surface area contributed by atoms with Gasteiger partial charge in [0, 0.05) is 11.6 Å². The number of benzene rings is 1. The van der Waals surface area contributed by atoms with Gasteiger partial charge < -0.3 is 14.9 Å². The molecule has 0 saturated carbocycles. The lowest BCUT2D eigenvalue weighted by molar-refractivity contribution is 0.369. The summed E-state index contributed by atoms with van der Waals surface area (Å²) in [6, 6.07) is 5.74. The SMILES string of the molecule is COc1cc(C=C(C#N)C#N)c(O)cc1O. The first kappa shape index (κ1) is 11.4. The van der Waals surface area contributed by atoms with Gasteiger partial charge in [-0.15, -0.1) is 0 Å². The maximum atomic E-state index is 9.47. The largest absolute Gasteiger partial charge is 0.507 e. The van der Waals surface area contributed by atoms with Gasteiger partial charge in [-0.05, 0) is 12.1 Å². The van der Waals surface area contributed by atoms with Gasteiger partial charge in [-0.1, -0.05) is 0 Å². The van der Waals surface area contributed by atoms with Crippen LogP contribution >= 0.6 is 0 Å². The number of ether oxygens (including phenoxy) is 1. The summed E-state index contributed by atoms with van der Waals surface area (Å²) in [4.78, 5) is 0. The third kappa shape index (κ3) is 2.23. The molecule has 5 heteroatoms. The van der Waals surface area contributed by atoms with E-state index in [1.54, 1.807) is 12.1 Å². The number of aromatic hydroxyl groups is 2. The molecule has 2 N–H and O–H groups in total. The molecule has 0 unspecified atom stereocenters. The second-order valence-electron chi connectivity index (χ2n) is 2.86. The van der Waals surface area contributed by atoms with E-state index in [2.05, 4.69) is 0 Å². The van der Waals surface area contributed by atoms with E-state index in [4.69, 9.17) is 15.3 Å². The first-order chi connectivity index (χ1) is 7.62. The van der Waals surface area contributed by atoms with Crippen LogP contribution in [0.15, 0.2) is 17.7 Å². The van der Waals surface area contributed by atoms with Gasteiger partial charge in [-0.25, -0.2) is 0 Å². The first-order valence-corrected chi connectivity index (χ1v) is 4.24. The average Bonchev–Trinajstić information content (AvgIpc) is 2.28. The molecule has 0 aliphatic heterocycles. The number of phenolic OH excluding ortho intramolecular Hbond substituents is 2. The van der Waals surface area contributed by atoms with Crippen LogP contribution in [0.25, 0.3) is 6.08 Å². The average molecular weight is 216 g/mol. The lowest BCUT2D eigenvalue weighted by Crippen LogP contribution is -1.86. The molecule has 0 amide bonds. The van der Waals surface area contributed by atoms with E-state index in [9.17, 15) is 10.2 Å². The number of methoxy groups -OCH3 is 1. The number of hydrogen-bond donors (Lipinski definition) is 2. The highest BCUT2D eigenvalue weighted by Crippen LogP contribution is 2.34. The summed E-state index contributed by atoms with van der Waals surface area (Å²) in [5.74, 6) is -0.298. The number of nitrogens with zero attached hydrogens (tertiary/aromatic N) is 2. The summed E-state index contributed by atoms with van der Waals surface area (Å²) < 4.78 is 4.83. The zero-order valence-electron chi connectivity index (χ0n) is 8.43. The van der Waals surface area contributed by atoms with Crippen molar-refractivity contribution in [1.29, 1.82) is 10.5 Å². The predicted molar refractivity (Wildman–Crippen MR) is 55.5 cm³/mol. The first-order valence-electron chi connectivity index (χ1n) is 4.24. The highest BCUT2D eigenvalue weighted by atomic mass is 16.5. The summed E-state index contributed by atoms with van der Waals surface area (Å²) in [6.07, 6.45) is 1.21. The van der Waals surface area contributed by atoms with Crippen LogP contribution in [0.3, 0.4) is 0 Å². The Hall–Kier alpha value is -2.66. The maximum Gasteiger partial charge on any atom is 0.161 e. The normalized spacial score (nSPS) is 8.69. The van der Waals surface area contributed by atoms with E-state index in [1.165, 1.54) is 19.3 Å². The lowest BCUT2D eigenvalue weighted by atomic mass is 10.1. The fraction of sp³-hybridized carbons (Fsp3) is 0.0909.